The summed E-state index contributed by atoms with van der Waals surface area (Å²) in [6, 6.07) is 11.0. The predicted molar refractivity (Wildman–Crippen MR) is 90.0 cm³/mol. The Morgan fingerprint density at radius 3 is 2.22 bits per heavy atom. The molecule has 2 aromatic rings. The van der Waals surface area contributed by atoms with Crippen molar-refractivity contribution in [1.82, 2.24) is 0 Å². The Labute approximate surface area is 137 Å². The molecule has 0 saturated heterocycles. The van der Waals surface area contributed by atoms with Crippen molar-refractivity contribution in [1.29, 1.82) is 0 Å². The summed E-state index contributed by atoms with van der Waals surface area (Å²) in [5.74, 6) is 1.65. The molecule has 0 heterocycles. The van der Waals surface area contributed by atoms with Crippen LogP contribution in [-0.2, 0) is 0 Å². The quantitative estimate of drug-likeness (QED) is 0.756. The first-order chi connectivity index (χ1) is 11.0. The third-order valence-corrected chi connectivity index (χ3v) is 4.00. The van der Waals surface area contributed by atoms with Crippen LogP contribution in [0.1, 0.15) is 34.3 Å². The largest absolute Gasteiger partial charge is 0.497 e. The average Bonchev–Trinajstić information content (AvgIpc) is 2.60. The van der Waals surface area contributed by atoms with E-state index in [4.69, 9.17) is 14.2 Å². The molecule has 1 atom stereocenters. The number of hydrogen-bond acceptors (Lipinski definition) is 4. The molecule has 0 aliphatic rings. The maximum Gasteiger partial charge on any atom is 0.173 e. The van der Waals surface area contributed by atoms with Gasteiger partial charge < -0.3 is 14.2 Å². The molecule has 0 aromatic heterocycles. The molecule has 2 rings (SSSR count). The highest BCUT2D eigenvalue weighted by atomic mass is 16.5. The van der Waals surface area contributed by atoms with Gasteiger partial charge in [0.05, 0.1) is 26.9 Å². The highest BCUT2D eigenvalue weighted by Crippen LogP contribution is 2.31. The summed E-state index contributed by atoms with van der Waals surface area (Å²) in [5.41, 5.74) is 2.49. The number of ether oxygens (including phenoxy) is 3. The first-order valence-electron chi connectivity index (χ1n) is 7.42. The lowest BCUT2D eigenvalue weighted by atomic mass is 9.91. The SMILES string of the molecule is COc1ccc(C(=O)C(C)c2ccc(C)c(OC)c2)c(OC)c1. The number of methoxy groups -OCH3 is 3. The number of carbonyl (C=O) groups is 1. The van der Waals surface area contributed by atoms with E-state index in [0.717, 1.165) is 16.9 Å². The van der Waals surface area contributed by atoms with E-state index in [1.807, 2.05) is 32.0 Å². The second-order valence-electron chi connectivity index (χ2n) is 5.38. The third-order valence-electron chi connectivity index (χ3n) is 4.00. The highest BCUT2D eigenvalue weighted by Gasteiger charge is 2.21. The zero-order valence-corrected chi connectivity index (χ0v) is 14.2. The van der Waals surface area contributed by atoms with Gasteiger partial charge in [0.25, 0.3) is 0 Å². The highest BCUT2D eigenvalue weighted by molar-refractivity contribution is 6.03. The summed E-state index contributed by atoms with van der Waals surface area (Å²) >= 11 is 0. The lowest BCUT2D eigenvalue weighted by Crippen LogP contribution is -2.11. The molecule has 0 amide bonds. The van der Waals surface area contributed by atoms with Crippen LogP contribution in [0.5, 0.6) is 17.2 Å². The van der Waals surface area contributed by atoms with Crippen molar-refractivity contribution in [3.8, 4) is 17.2 Å². The molecule has 0 saturated carbocycles. The van der Waals surface area contributed by atoms with E-state index in [9.17, 15) is 4.79 Å². The Balaban J connectivity index is 2.36. The summed E-state index contributed by atoms with van der Waals surface area (Å²) in [6.45, 7) is 3.86. The second-order valence-corrected chi connectivity index (χ2v) is 5.38. The number of carbonyl (C=O) groups excluding carboxylic acids is 1. The maximum atomic E-state index is 12.8. The molecule has 1 unspecified atom stereocenters. The Kier molecular flexibility index (Phi) is 5.27. The monoisotopic (exact) mass is 314 g/mol. The summed E-state index contributed by atoms with van der Waals surface area (Å²) in [5, 5.41) is 0. The number of hydrogen-bond donors (Lipinski definition) is 0. The van der Waals surface area contributed by atoms with E-state index in [1.54, 1.807) is 39.5 Å². The standard InChI is InChI=1S/C19H22O4/c1-12-6-7-14(10-17(12)22-4)13(2)19(20)16-9-8-15(21-3)11-18(16)23-5/h6-11,13H,1-5H3. The Bertz CT molecular complexity index is 707. The third kappa shape index (κ3) is 3.47. The minimum atomic E-state index is -0.299. The normalized spacial score (nSPS) is 11.7. The Morgan fingerprint density at radius 1 is 0.913 bits per heavy atom. The van der Waals surface area contributed by atoms with Gasteiger partial charge in [-0.25, -0.2) is 0 Å². The zero-order chi connectivity index (χ0) is 17.0. The first kappa shape index (κ1) is 16.9. The van der Waals surface area contributed by atoms with Crippen LogP contribution in [0.2, 0.25) is 0 Å². The van der Waals surface area contributed by atoms with Crippen molar-refractivity contribution in [3.63, 3.8) is 0 Å². The molecule has 0 aliphatic carbocycles. The summed E-state index contributed by atoms with van der Waals surface area (Å²) in [7, 11) is 4.76. The minimum Gasteiger partial charge on any atom is -0.497 e. The van der Waals surface area contributed by atoms with Crippen molar-refractivity contribution in [3.05, 3.63) is 53.1 Å². The number of aryl methyl sites for hydroxylation is 1. The summed E-state index contributed by atoms with van der Waals surface area (Å²) in [6.07, 6.45) is 0. The predicted octanol–water partition coefficient (Wildman–Crippen LogP) is 4.01. The zero-order valence-electron chi connectivity index (χ0n) is 14.2. The van der Waals surface area contributed by atoms with Crippen LogP contribution in [0.15, 0.2) is 36.4 Å². The Hall–Kier alpha value is -2.49. The van der Waals surface area contributed by atoms with Gasteiger partial charge in [-0.05, 0) is 36.2 Å². The van der Waals surface area contributed by atoms with Crippen LogP contribution >= 0.6 is 0 Å². The van der Waals surface area contributed by atoms with Crippen molar-refractivity contribution >= 4 is 5.78 Å². The molecule has 0 aliphatic heterocycles. The van der Waals surface area contributed by atoms with Gasteiger partial charge in [-0.1, -0.05) is 19.1 Å². The average molecular weight is 314 g/mol. The fourth-order valence-electron chi connectivity index (χ4n) is 2.49. The fourth-order valence-corrected chi connectivity index (χ4v) is 2.49. The molecule has 0 fully saturated rings. The van der Waals surface area contributed by atoms with Crippen LogP contribution in [0.4, 0.5) is 0 Å². The Morgan fingerprint density at radius 2 is 1.61 bits per heavy atom. The van der Waals surface area contributed by atoms with E-state index >= 15 is 0 Å². The van der Waals surface area contributed by atoms with Crippen molar-refractivity contribution in [2.75, 3.05) is 21.3 Å². The molecule has 23 heavy (non-hydrogen) atoms. The van der Waals surface area contributed by atoms with E-state index in [2.05, 4.69) is 0 Å². The number of rotatable bonds is 6. The lowest BCUT2D eigenvalue weighted by molar-refractivity contribution is 0.0963. The van der Waals surface area contributed by atoms with Crippen LogP contribution in [0.3, 0.4) is 0 Å². The van der Waals surface area contributed by atoms with Crippen molar-refractivity contribution < 1.29 is 19.0 Å². The van der Waals surface area contributed by atoms with Crippen LogP contribution in [-0.4, -0.2) is 27.1 Å². The van der Waals surface area contributed by atoms with Gasteiger partial charge in [0.15, 0.2) is 5.78 Å². The van der Waals surface area contributed by atoms with E-state index in [-0.39, 0.29) is 11.7 Å². The van der Waals surface area contributed by atoms with Gasteiger partial charge in [-0.2, -0.15) is 0 Å². The molecule has 0 N–H and O–H groups in total. The van der Waals surface area contributed by atoms with E-state index in [1.165, 1.54) is 0 Å². The van der Waals surface area contributed by atoms with Crippen LogP contribution < -0.4 is 14.2 Å². The molecular formula is C19H22O4. The summed E-state index contributed by atoms with van der Waals surface area (Å²) in [4.78, 5) is 12.8. The van der Waals surface area contributed by atoms with Crippen molar-refractivity contribution in [2.24, 2.45) is 0 Å². The number of benzene rings is 2. The molecule has 4 nitrogen and oxygen atoms in total. The van der Waals surface area contributed by atoms with E-state index < -0.39 is 0 Å². The molecule has 122 valence electrons. The molecule has 0 spiro atoms. The smallest absolute Gasteiger partial charge is 0.173 e. The minimum absolute atomic E-state index is 0.00425. The molecule has 0 bridgehead atoms. The fraction of sp³-hybridized carbons (Fsp3) is 0.316. The van der Waals surface area contributed by atoms with Gasteiger partial charge in [-0.3, -0.25) is 4.79 Å². The number of Topliss-reactive ketones (excluding diaryl/α,β-unsaturated/α-hetero) is 1. The van der Waals surface area contributed by atoms with Gasteiger partial charge in [0, 0.05) is 12.0 Å². The molecule has 4 heteroatoms. The molecular weight excluding hydrogens is 292 g/mol. The topological polar surface area (TPSA) is 44.8 Å². The van der Waals surface area contributed by atoms with E-state index in [0.29, 0.717) is 17.1 Å². The van der Waals surface area contributed by atoms with Gasteiger partial charge in [0.1, 0.15) is 17.2 Å². The van der Waals surface area contributed by atoms with Crippen LogP contribution in [0, 0.1) is 6.92 Å². The van der Waals surface area contributed by atoms with Gasteiger partial charge >= 0.3 is 0 Å². The number of ketones is 1. The van der Waals surface area contributed by atoms with Crippen LogP contribution in [0.25, 0.3) is 0 Å². The second kappa shape index (κ2) is 7.18. The van der Waals surface area contributed by atoms with Crippen molar-refractivity contribution in [2.45, 2.75) is 19.8 Å². The lowest BCUT2D eigenvalue weighted by Gasteiger charge is -2.16. The maximum absolute atomic E-state index is 12.8. The first-order valence-corrected chi connectivity index (χ1v) is 7.42. The van der Waals surface area contributed by atoms with Gasteiger partial charge in [-0.15, -0.1) is 0 Å². The summed E-state index contributed by atoms with van der Waals surface area (Å²) < 4.78 is 15.8. The molecule has 2 aromatic carbocycles. The molecule has 0 radical (unpaired) electrons. The van der Waals surface area contributed by atoms with Gasteiger partial charge in [0.2, 0.25) is 0 Å².